The van der Waals surface area contributed by atoms with Crippen molar-refractivity contribution >= 4 is 32.4 Å². The van der Waals surface area contributed by atoms with Gasteiger partial charge < -0.3 is 5.32 Å². The fourth-order valence-corrected chi connectivity index (χ4v) is 1.88. The van der Waals surface area contributed by atoms with E-state index < -0.39 is 10.8 Å². The van der Waals surface area contributed by atoms with Gasteiger partial charge in [-0.25, -0.2) is 0 Å². The lowest BCUT2D eigenvalue weighted by Crippen LogP contribution is -2.20. The molecule has 0 heterocycles. The summed E-state index contributed by atoms with van der Waals surface area (Å²) in [5.41, 5.74) is 1.53. The van der Waals surface area contributed by atoms with Crippen molar-refractivity contribution < 1.29 is 4.21 Å². The summed E-state index contributed by atoms with van der Waals surface area (Å²) in [5.74, 6) is 0. The van der Waals surface area contributed by atoms with E-state index in [1.54, 1.807) is 12.3 Å². The molecule has 5 heteroatoms. The average Bonchev–Trinajstić information content (AvgIpc) is 2.25. The Labute approximate surface area is 106 Å². The third-order valence-corrected chi connectivity index (χ3v) is 4.21. The molecule has 0 saturated carbocycles. The normalized spacial score (nSPS) is 13.9. The molecular formula is C11H13BrN2OS. The largest absolute Gasteiger partial charge is 0.384 e. The van der Waals surface area contributed by atoms with Crippen molar-refractivity contribution in [2.45, 2.75) is 12.2 Å². The number of hydrogen-bond acceptors (Lipinski definition) is 3. The Hall–Kier alpha value is -0.860. The highest BCUT2D eigenvalue weighted by atomic mass is 79.9. The highest BCUT2D eigenvalue weighted by Gasteiger charge is 2.06. The molecule has 0 aliphatic heterocycles. The molecule has 0 spiro atoms. The van der Waals surface area contributed by atoms with Gasteiger partial charge in [-0.05, 0) is 41.1 Å². The Bertz CT molecular complexity index is 442. The number of rotatable bonds is 4. The number of nitrogens with one attached hydrogen (secondary N) is 1. The first-order valence-electron chi connectivity index (χ1n) is 4.80. The van der Waals surface area contributed by atoms with Gasteiger partial charge in [-0.1, -0.05) is 0 Å². The molecule has 86 valence electrons. The summed E-state index contributed by atoms with van der Waals surface area (Å²) in [6.45, 7) is 2.59. The summed E-state index contributed by atoms with van der Waals surface area (Å²) in [6, 6.07) is 7.53. The summed E-state index contributed by atoms with van der Waals surface area (Å²) in [5, 5.41) is 12.1. The molecule has 0 aliphatic rings. The van der Waals surface area contributed by atoms with Crippen molar-refractivity contribution in [3.8, 4) is 6.07 Å². The first kappa shape index (κ1) is 13.2. The number of nitriles is 1. The fourth-order valence-electron chi connectivity index (χ4n) is 1.09. The molecule has 0 saturated heterocycles. The lowest BCUT2D eigenvalue weighted by atomic mass is 10.2. The van der Waals surface area contributed by atoms with E-state index in [1.165, 1.54) is 0 Å². The van der Waals surface area contributed by atoms with Gasteiger partial charge in [0.1, 0.15) is 6.07 Å². The van der Waals surface area contributed by atoms with Gasteiger partial charge in [0.05, 0.1) is 5.56 Å². The molecule has 1 rings (SSSR count). The van der Waals surface area contributed by atoms with E-state index in [2.05, 4.69) is 27.3 Å². The van der Waals surface area contributed by atoms with Gasteiger partial charge in [0, 0.05) is 39.0 Å². The second kappa shape index (κ2) is 6.02. The molecule has 0 amide bonds. The van der Waals surface area contributed by atoms with Gasteiger partial charge in [-0.15, -0.1) is 0 Å². The zero-order chi connectivity index (χ0) is 12.1. The van der Waals surface area contributed by atoms with Crippen molar-refractivity contribution in [2.75, 3.05) is 18.1 Å². The third-order valence-electron chi connectivity index (χ3n) is 2.25. The van der Waals surface area contributed by atoms with Crippen molar-refractivity contribution in [3.05, 3.63) is 28.2 Å². The Balaban J connectivity index is 2.66. The molecule has 16 heavy (non-hydrogen) atoms. The number of halogens is 1. The summed E-state index contributed by atoms with van der Waals surface area (Å²) in [6.07, 6.45) is 1.70. The first-order chi connectivity index (χ1) is 7.54. The van der Waals surface area contributed by atoms with Gasteiger partial charge in [0.25, 0.3) is 0 Å². The van der Waals surface area contributed by atoms with Crippen LogP contribution in [0.1, 0.15) is 12.5 Å². The lowest BCUT2D eigenvalue weighted by molar-refractivity contribution is 0.679. The SMILES string of the molecule is CC(CNc1ccc(C#N)c(Br)c1)S(C)=O. The molecule has 0 bridgehead atoms. The van der Waals surface area contributed by atoms with Crippen LogP contribution in [0.5, 0.6) is 0 Å². The topological polar surface area (TPSA) is 52.9 Å². The summed E-state index contributed by atoms with van der Waals surface area (Å²) in [4.78, 5) is 0. The smallest absolute Gasteiger partial charge is 0.100 e. The maximum absolute atomic E-state index is 11.2. The van der Waals surface area contributed by atoms with Crippen LogP contribution in [0, 0.1) is 11.3 Å². The van der Waals surface area contributed by atoms with E-state index >= 15 is 0 Å². The molecule has 1 aromatic carbocycles. The van der Waals surface area contributed by atoms with E-state index in [0.717, 1.165) is 10.2 Å². The zero-order valence-corrected chi connectivity index (χ0v) is 11.6. The Morgan fingerprint density at radius 3 is 2.81 bits per heavy atom. The van der Waals surface area contributed by atoms with Crippen LogP contribution in [0.15, 0.2) is 22.7 Å². The van der Waals surface area contributed by atoms with Crippen LogP contribution in [0.25, 0.3) is 0 Å². The predicted molar refractivity (Wildman–Crippen MR) is 70.9 cm³/mol. The minimum atomic E-state index is -0.822. The van der Waals surface area contributed by atoms with Gasteiger partial charge in [0.2, 0.25) is 0 Å². The summed E-state index contributed by atoms with van der Waals surface area (Å²) in [7, 11) is -0.822. The second-order valence-corrected chi connectivity index (χ2v) is 6.15. The maximum atomic E-state index is 11.2. The van der Waals surface area contributed by atoms with Crippen LogP contribution >= 0.6 is 15.9 Å². The number of nitrogens with zero attached hydrogens (tertiary/aromatic N) is 1. The molecule has 0 aliphatic carbocycles. The van der Waals surface area contributed by atoms with Gasteiger partial charge in [-0.2, -0.15) is 5.26 Å². The third kappa shape index (κ3) is 3.62. The molecule has 2 unspecified atom stereocenters. The van der Waals surface area contributed by atoms with Gasteiger partial charge in [0.15, 0.2) is 0 Å². The molecular weight excluding hydrogens is 288 g/mol. The molecule has 2 atom stereocenters. The van der Waals surface area contributed by atoms with Crippen LogP contribution in [-0.4, -0.2) is 22.3 Å². The van der Waals surface area contributed by atoms with Crippen molar-refractivity contribution in [1.29, 1.82) is 5.26 Å². The summed E-state index contributed by atoms with van der Waals surface area (Å²) >= 11 is 3.32. The quantitative estimate of drug-likeness (QED) is 0.929. The van der Waals surface area contributed by atoms with Crippen LogP contribution in [0.2, 0.25) is 0 Å². The molecule has 0 radical (unpaired) electrons. The average molecular weight is 301 g/mol. The molecule has 1 N–H and O–H groups in total. The van der Waals surface area contributed by atoms with E-state index in [4.69, 9.17) is 5.26 Å². The second-order valence-electron chi connectivity index (χ2n) is 3.50. The minimum Gasteiger partial charge on any atom is -0.384 e. The predicted octanol–water partition coefficient (Wildman–Crippen LogP) is 2.50. The van der Waals surface area contributed by atoms with E-state index in [0.29, 0.717) is 12.1 Å². The van der Waals surface area contributed by atoms with E-state index in [-0.39, 0.29) is 5.25 Å². The van der Waals surface area contributed by atoms with Crippen molar-refractivity contribution in [3.63, 3.8) is 0 Å². The lowest BCUT2D eigenvalue weighted by Gasteiger charge is -2.11. The van der Waals surface area contributed by atoms with Crippen molar-refractivity contribution in [1.82, 2.24) is 0 Å². The molecule has 0 fully saturated rings. The van der Waals surface area contributed by atoms with Crippen LogP contribution in [-0.2, 0) is 10.8 Å². The summed E-state index contributed by atoms with van der Waals surface area (Å²) < 4.78 is 11.9. The number of anilines is 1. The highest BCUT2D eigenvalue weighted by Crippen LogP contribution is 2.20. The molecule has 1 aromatic rings. The molecule has 0 aromatic heterocycles. The van der Waals surface area contributed by atoms with Gasteiger partial charge in [-0.3, -0.25) is 4.21 Å². The standard InChI is InChI=1S/C11H13BrN2OS/c1-8(16(2)15)7-14-10-4-3-9(6-13)11(12)5-10/h3-5,8,14H,7H2,1-2H3. The van der Waals surface area contributed by atoms with Crippen molar-refractivity contribution in [2.24, 2.45) is 0 Å². The molecule has 3 nitrogen and oxygen atoms in total. The Morgan fingerprint density at radius 2 is 2.31 bits per heavy atom. The van der Waals surface area contributed by atoms with E-state index in [9.17, 15) is 4.21 Å². The highest BCUT2D eigenvalue weighted by molar-refractivity contribution is 9.10. The number of hydrogen-bond donors (Lipinski definition) is 1. The Morgan fingerprint density at radius 1 is 1.62 bits per heavy atom. The fraction of sp³-hybridized carbons (Fsp3) is 0.364. The number of benzene rings is 1. The van der Waals surface area contributed by atoms with Crippen LogP contribution < -0.4 is 5.32 Å². The van der Waals surface area contributed by atoms with Gasteiger partial charge >= 0.3 is 0 Å². The maximum Gasteiger partial charge on any atom is 0.100 e. The van der Waals surface area contributed by atoms with E-state index in [1.807, 2.05) is 19.1 Å². The van der Waals surface area contributed by atoms with Crippen LogP contribution in [0.3, 0.4) is 0 Å². The Kier molecular flexibility index (Phi) is 4.97. The monoisotopic (exact) mass is 300 g/mol. The zero-order valence-electron chi connectivity index (χ0n) is 9.16. The minimum absolute atomic E-state index is 0.106. The van der Waals surface area contributed by atoms with Crippen LogP contribution in [0.4, 0.5) is 5.69 Å². The first-order valence-corrected chi connectivity index (χ1v) is 7.21.